The van der Waals surface area contributed by atoms with E-state index in [1.54, 1.807) is 0 Å². The molecule has 0 heterocycles. The average Bonchev–Trinajstić information content (AvgIpc) is 3.27. The summed E-state index contributed by atoms with van der Waals surface area (Å²) in [6.45, 7) is 7.57. The highest BCUT2D eigenvalue weighted by Crippen LogP contribution is 2.12. The average molecular weight is 861 g/mol. The fraction of sp³-hybridized carbons (Fsp3) is 0.684. The van der Waals surface area contributed by atoms with Crippen molar-refractivity contribution in [1.29, 1.82) is 0 Å². The number of esters is 2. The van der Waals surface area contributed by atoms with Gasteiger partial charge in [0.2, 0.25) is 0 Å². The molecule has 0 aromatic rings. The SMILES string of the molecule is CC/C=C\C/C=C\C/C=C\C/C=C\C/C=C\CCCCCC(=O)OCC(COCCCCCCCC/C=C\C/C=C\CCC)OC(=O)CCCCCCC/C=C\CCCCCC. The Balaban J connectivity index is 4.36. The fourth-order valence-electron chi connectivity index (χ4n) is 6.74. The second-order valence-electron chi connectivity index (χ2n) is 16.7. The number of hydrogen-bond acceptors (Lipinski definition) is 5. The van der Waals surface area contributed by atoms with Gasteiger partial charge in [0.15, 0.2) is 6.10 Å². The Morgan fingerprint density at radius 3 is 1.26 bits per heavy atom. The number of carbonyl (C=O) groups excluding carboxylic acids is 2. The number of allylic oxidation sites excluding steroid dienone is 16. The van der Waals surface area contributed by atoms with E-state index in [1.807, 2.05) is 0 Å². The van der Waals surface area contributed by atoms with Crippen molar-refractivity contribution in [1.82, 2.24) is 0 Å². The molecule has 354 valence electrons. The molecule has 0 saturated carbocycles. The molecular weight excluding hydrogens is 765 g/mol. The quantitative estimate of drug-likeness (QED) is 0.0347. The minimum atomic E-state index is -0.564. The highest BCUT2D eigenvalue weighted by atomic mass is 16.6. The third-order valence-electron chi connectivity index (χ3n) is 10.6. The van der Waals surface area contributed by atoms with Gasteiger partial charge in [-0.2, -0.15) is 0 Å². The lowest BCUT2D eigenvalue weighted by molar-refractivity contribution is -0.163. The maximum absolute atomic E-state index is 12.8. The number of hydrogen-bond donors (Lipinski definition) is 0. The first-order valence-corrected chi connectivity index (χ1v) is 25.8. The molecule has 0 spiro atoms. The van der Waals surface area contributed by atoms with E-state index < -0.39 is 6.10 Å². The molecule has 0 radical (unpaired) electrons. The summed E-state index contributed by atoms with van der Waals surface area (Å²) >= 11 is 0. The fourth-order valence-corrected chi connectivity index (χ4v) is 6.74. The highest BCUT2D eigenvalue weighted by Gasteiger charge is 2.17. The molecule has 0 aromatic carbocycles. The Kier molecular flexibility index (Phi) is 49.5. The van der Waals surface area contributed by atoms with Gasteiger partial charge < -0.3 is 14.2 Å². The van der Waals surface area contributed by atoms with Crippen LogP contribution in [0.4, 0.5) is 0 Å². The van der Waals surface area contributed by atoms with E-state index in [1.165, 1.54) is 89.9 Å². The third-order valence-corrected chi connectivity index (χ3v) is 10.6. The number of unbranched alkanes of at least 4 members (excludes halogenated alkanes) is 19. The summed E-state index contributed by atoms with van der Waals surface area (Å²) in [5.41, 5.74) is 0. The largest absolute Gasteiger partial charge is 0.462 e. The summed E-state index contributed by atoms with van der Waals surface area (Å²) in [7, 11) is 0. The molecule has 0 rings (SSSR count). The van der Waals surface area contributed by atoms with Crippen LogP contribution in [0.3, 0.4) is 0 Å². The smallest absolute Gasteiger partial charge is 0.306 e. The molecule has 0 aliphatic heterocycles. The van der Waals surface area contributed by atoms with Crippen LogP contribution in [0.15, 0.2) is 97.2 Å². The lowest BCUT2D eigenvalue weighted by Gasteiger charge is -2.18. The number of rotatable bonds is 46. The predicted octanol–water partition coefficient (Wildman–Crippen LogP) is 17.5. The zero-order valence-electron chi connectivity index (χ0n) is 40.6. The maximum atomic E-state index is 12.8. The zero-order valence-corrected chi connectivity index (χ0v) is 40.6. The molecule has 1 unspecified atom stereocenters. The van der Waals surface area contributed by atoms with Crippen LogP contribution in [-0.4, -0.2) is 37.9 Å². The van der Waals surface area contributed by atoms with Crippen molar-refractivity contribution in [3.63, 3.8) is 0 Å². The van der Waals surface area contributed by atoms with Crippen molar-refractivity contribution in [2.75, 3.05) is 19.8 Å². The predicted molar refractivity (Wildman–Crippen MR) is 270 cm³/mol. The molecule has 0 aliphatic carbocycles. The van der Waals surface area contributed by atoms with E-state index in [2.05, 4.69) is 118 Å². The van der Waals surface area contributed by atoms with Crippen LogP contribution in [0.25, 0.3) is 0 Å². The second kappa shape index (κ2) is 52.2. The molecule has 0 aliphatic rings. The monoisotopic (exact) mass is 861 g/mol. The first-order chi connectivity index (χ1) is 30.6. The molecule has 0 saturated heterocycles. The molecule has 5 heteroatoms. The summed E-state index contributed by atoms with van der Waals surface area (Å²) in [5.74, 6) is -0.454. The van der Waals surface area contributed by atoms with E-state index in [-0.39, 0.29) is 25.2 Å². The Hall–Kier alpha value is -3.18. The van der Waals surface area contributed by atoms with E-state index in [0.717, 1.165) is 103 Å². The Bertz CT molecular complexity index is 1200. The molecule has 5 nitrogen and oxygen atoms in total. The summed E-state index contributed by atoms with van der Waals surface area (Å²) < 4.78 is 17.4. The third kappa shape index (κ3) is 49.5. The maximum Gasteiger partial charge on any atom is 0.306 e. The van der Waals surface area contributed by atoms with Crippen LogP contribution in [0, 0.1) is 0 Å². The van der Waals surface area contributed by atoms with E-state index in [9.17, 15) is 9.59 Å². The van der Waals surface area contributed by atoms with Gasteiger partial charge in [-0.05, 0) is 116 Å². The molecule has 0 aromatic heterocycles. The molecule has 0 fully saturated rings. The van der Waals surface area contributed by atoms with Crippen molar-refractivity contribution < 1.29 is 23.8 Å². The van der Waals surface area contributed by atoms with Gasteiger partial charge in [0.05, 0.1) is 6.61 Å². The van der Waals surface area contributed by atoms with Crippen LogP contribution in [0.1, 0.15) is 226 Å². The Labute approximate surface area is 383 Å². The van der Waals surface area contributed by atoms with Crippen LogP contribution >= 0.6 is 0 Å². The lowest BCUT2D eigenvalue weighted by Crippen LogP contribution is -2.30. The van der Waals surface area contributed by atoms with Gasteiger partial charge in [-0.25, -0.2) is 0 Å². The molecular formula is C57H96O5. The minimum Gasteiger partial charge on any atom is -0.462 e. The van der Waals surface area contributed by atoms with Crippen molar-refractivity contribution in [3.8, 4) is 0 Å². The normalized spacial score (nSPS) is 13.0. The van der Waals surface area contributed by atoms with Crippen molar-refractivity contribution in [2.45, 2.75) is 232 Å². The molecule has 0 N–H and O–H groups in total. The summed E-state index contributed by atoms with van der Waals surface area (Å²) in [4.78, 5) is 25.4. The molecule has 0 amide bonds. The van der Waals surface area contributed by atoms with E-state index >= 15 is 0 Å². The van der Waals surface area contributed by atoms with Gasteiger partial charge in [0, 0.05) is 19.4 Å². The lowest BCUT2D eigenvalue weighted by atomic mass is 10.1. The second-order valence-corrected chi connectivity index (χ2v) is 16.7. The summed E-state index contributed by atoms with van der Waals surface area (Å²) in [5, 5.41) is 0. The minimum absolute atomic E-state index is 0.0558. The van der Waals surface area contributed by atoms with Crippen molar-refractivity contribution >= 4 is 11.9 Å². The van der Waals surface area contributed by atoms with Gasteiger partial charge in [-0.15, -0.1) is 0 Å². The van der Waals surface area contributed by atoms with Crippen LogP contribution in [-0.2, 0) is 23.8 Å². The zero-order chi connectivity index (χ0) is 44.9. The van der Waals surface area contributed by atoms with Gasteiger partial charge in [0.25, 0.3) is 0 Å². The van der Waals surface area contributed by atoms with Gasteiger partial charge in [-0.1, -0.05) is 195 Å². The standard InChI is InChI=1S/C57H96O5/c1-4-7-10-13-16-19-22-25-27-28-29-30-31-33-35-38-41-44-47-50-56(58)61-54-55(53-60-52-49-46-43-40-37-34-26-23-20-17-14-11-8-5-2)62-57(59)51-48-45-42-39-36-32-24-21-18-15-12-9-6-3/h7,10-11,14,16,19-21,23-25,27,29-30,33,35,55H,4-6,8-9,12-13,15,17-18,22,26,28,31-32,34,36-54H2,1-3H3/b10-7-,14-11-,19-16-,23-20-,24-21-,27-25-,30-29-,35-33-. The summed E-state index contributed by atoms with van der Waals surface area (Å²) in [6.07, 6.45) is 69.8. The Morgan fingerprint density at radius 1 is 0.371 bits per heavy atom. The van der Waals surface area contributed by atoms with Crippen LogP contribution < -0.4 is 0 Å². The van der Waals surface area contributed by atoms with Crippen molar-refractivity contribution in [3.05, 3.63) is 97.2 Å². The first-order valence-electron chi connectivity index (χ1n) is 25.8. The summed E-state index contributed by atoms with van der Waals surface area (Å²) in [6, 6.07) is 0. The molecule has 1 atom stereocenters. The van der Waals surface area contributed by atoms with Gasteiger partial charge >= 0.3 is 11.9 Å². The van der Waals surface area contributed by atoms with Crippen molar-refractivity contribution in [2.24, 2.45) is 0 Å². The van der Waals surface area contributed by atoms with Gasteiger partial charge in [-0.3, -0.25) is 9.59 Å². The van der Waals surface area contributed by atoms with Gasteiger partial charge in [0.1, 0.15) is 6.61 Å². The topological polar surface area (TPSA) is 61.8 Å². The van der Waals surface area contributed by atoms with E-state index in [0.29, 0.717) is 19.4 Å². The number of ether oxygens (including phenoxy) is 3. The highest BCUT2D eigenvalue weighted by molar-refractivity contribution is 5.70. The molecule has 0 bridgehead atoms. The molecule has 62 heavy (non-hydrogen) atoms. The van der Waals surface area contributed by atoms with Crippen LogP contribution in [0.5, 0.6) is 0 Å². The van der Waals surface area contributed by atoms with E-state index in [4.69, 9.17) is 14.2 Å². The first kappa shape index (κ1) is 58.8. The number of carbonyl (C=O) groups is 2. The van der Waals surface area contributed by atoms with Crippen LogP contribution in [0.2, 0.25) is 0 Å². The Morgan fingerprint density at radius 2 is 0.758 bits per heavy atom.